The van der Waals surface area contributed by atoms with Crippen LogP contribution < -0.4 is 0 Å². The SMILES string of the molecule is CN1C(=O)C(=Cc2ccc(-c3ccccc3)o2)C(=O)N(C)C1=O. The summed E-state index contributed by atoms with van der Waals surface area (Å²) in [5, 5.41) is 0. The molecule has 0 N–H and O–H groups in total. The molecule has 4 amide bonds. The molecule has 1 fully saturated rings. The lowest BCUT2D eigenvalue weighted by Crippen LogP contribution is -2.52. The van der Waals surface area contributed by atoms with Crippen LogP contribution in [0, 0.1) is 0 Å². The van der Waals surface area contributed by atoms with Gasteiger partial charge >= 0.3 is 6.03 Å². The van der Waals surface area contributed by atoms with Crippen LogP contribution in [0.2, 0.25) is 0 Å². The molecule has 1 aromatic carbocycles. The first-order chi connectivity index (χ1) is 11.0. The molecule has 6 nitrogen and oxygen atoms in total. The molecule has 0 unspecified atom stereocenters. The lowest BCUT2D eigenvalue weighted by molar-refractivity contribution is -0.134. The van der Waals surface area contributed by atoms with Gasteiger partial charge in [-0.1, -0.05) is 30.3 Å². The summed E-state index contributed by atoms with van der Waals surface area (Å²) in [6.45, 7) is 0. The molecule has 0 spiro atoms. The smallest absolute Gasteiger partial charge is 0.333 e. The van der Waals surface area contributed by atoms with Gasteiger partial charge in [0.1, 0.15) is 17.1 Å². The van der Waals surface area contributed by atoms with Crippen LogP contribution in [-0.2, 0) is 9.59 Å². The lowest BCUT2D eigenvalue weighted by Gasteiger charge is -2.28. The number of benzene rings is 1. The summed E-state index contributed by atoms with van der Waals surface area (Å²) >= 11 is 0. The fourth-order valence-electron chi connectivity index (χ4n) is 2.31. The Morgan fingerprint density at radius 1 is 0.870 bits per heavy atom. The molecule has 2 heterocycles. The van der Waals surface area contributed by atoms with Crippen LogP contribution in [0.3, 0.4) is 0 Å². The third-order valence-electron chi connectivity index (χ3n) is 3.62. The van der Waals surface area contributed by atoms with Crippen molar-refractivity contribution in [2.45, 2.75) is 0 Å². The number of barbiturate groups is 1. The molecule has 3 rings (SSSR count). The number of rotatable bonds is 2. The molecule has 0 atom stereocenters. The van der Waals surface area contributed by atoms with E-state index in [0.29, 0.717) is 11.5 Å². The largest absolute Gasteiger partial charge is 0.457 e. The average molecular weight is 310 g/mol. The molecule has 1 aromatic heterocycles. The van der Waals surface area contributed by atoms with E-state index in [-0.39, 0.29) is 5.57 Å². The number of urea groups is 1. The Balaban J connectivity index is 1.95. The lowest BCUT2D eigenvalue weighted by atomic mass is 10.1. The maximum atomic E-state index is 12.1. The summed E-state index contributed by atoms with van der Waals surface area (Å²) in [6.07, 6.45) is 1.36. The number of carbonyl (C=O) groups excluding carboxylic acids is 3. The molecule has 0 saturated carbocycles. The molecule has 1 saturated heterocycles. The molecule has 0 aliphatic carbocycles. The van der Waals surface area contributed by atoms with Crippen molar-refractivity contribution in [3.8, 4) is 11.3 Å². The van der Waals surface area contributed by atoms with E-state index < -0.39 is 17.8 Å². The predicted octanol–water partition coefficient (Wildman–Crippen LogP) is 2.38. The van der Waals surface area contributed by atoms with Gasteiger partial charge in [-0.3, -0.25) is 19.4 Å². The van der Waals surface area contributed by atoms with Crippen LogP contribution in [0.4, 0.5) is 4.79 Å². The van der Waals surface area contributed by atoms with Gasteiger partial charge in [-0.05, 0) is 18.2 Å². The van der Waals surface area contributed by atoms with Crippen LogP contribution in [0.5, 0.6) is 0 Å². The summed E-state index contributed by atoms with van der Waals surface area (Å²) in [4.78, 5) is 37.7. The van der Waals surface area contributed by atoms with Gasteiger partial charge in [0.25, 0.3) is 11.8 Å². The van der Waals surface area contributed by atoms with Crippen LogP contribution in [0.25, 0.3) is 17.4 Å². The van der Waals surface area contributed by atoms with Crippen molar-refractivity contribution in [2.75, 3.05) is 14.1 Å². The number of imide groups is 2. The molecule has 6 heteroatoms. The van der Waals surface area contributed by atoms with Gasteiger partial charge in [0.15, 0.2) is 0 Å². The van der Waals surface area contributed by atoms with E-state index in [0.717, 1.165) is 15.4 Å². The van der Waals surface area contributed by atoms with Crippen molar-refractivity contribution in [3.63, 3.8) is 0 Å². The number of hydrogen-bond donors (Lipinski definition) is 0. The van der Waals surface area contributed by atoms with E-state index in [2.05, 4.69) is 0 Å². The fourth-order valence-corrected chi connectivity index (χ4v) is 2.31. The normalized spacial score (nSPS) is 15.4. The highest BCUT2D eigenvalue weighted by molar-refractivity contribution is 6.30. The third-order valence-corrected chi connectivity index (χ3v) is 3.62. The predicted molar refractivity (Wildman–Crippen MR) is 83.1 cm³/mol. The van der Waals surface area contributed by atoms with E-state index >= 15 is 0 Å². The second-order valence-electron chi connectivity index (χ2n) is 5.14. The molecule has 0 bridgehead atoms. The van der Waals surface area contributed by atoms with Gasteiger partial charge in [0.05, 0.1) is 0 Å². The number of nitrogens with zero attached hydrogens (tertiary/aromatic N) is 2. The summed E-state index contributed by atoms with van der Waals surface area (Å²) in [6, 6.07) is 12.3. The number of amides is 4. The Labute approximate surface area is 132 Å². The topological polar surface area (TPSA) is 70.8 Å². The summed E-state index contributed by atoms with van der Waals surface area (Å²) in [5.74, 6) is -0.283. The Hall–Kier alpha value is -3.15. The van der Waals surface area contributed by atoms with E-state index in [4.69, 9.17) is 4.42 Å². The van der Waals surface area contributed by atoms with Gasteiger partial charge < -0.3 is 4.42 Å². The molecule has 2 aromatic rings. The number of furan rings is 1. The van der Waals surface area contributed by atoms with Crippen molar-refractivity contribution in [1.29, 1.82) is 0 Å². The van der Waals surface area contributed by atoms with Crippen LogP contribution in [-0.4, -0.2) is 41.7 Å². The van der Waals surface area contributed by atoms with Gasteiger partial charge in [-0.2, -0.15) is 0 Å². The Morgan fingerprint density at radius 2 is 1.48 bits per heavy atom. The number of carbonyl (C=O) groups is 3. The quantitative estimate of drug-likeness (QED) is 0.631. The second-order valence-corrected chi connectivity index (χ2v) is 5.14. The van der Waals surface area contributed by atoms with Crippen molar-refractivity contribution >= 4 is 23.9 Å². The molecule has 0 radical (unpaired) electrons. The summed E-state index contributed by atoms with van der Waals surface area (Å²) in [7, 11) is 2.66. The molecule has 1 aliphatic heterocycles. The van der Waals surface area contributed by atoms with Gasteiger partial charge in [-0.25, -0.2) is 4.79 Å². The standard InChI is InChI=1S/C17H14N2O4/c1-18-15(20)13(16(21)19(2)17(18)22)10-12-8-9-14(23-12)11-6-4-3-5-7-11/h3-10H,1-2H3. The third kappa shape index (κ3) is 2.55. The summed E-state index contributed by atoms with van der Waals surface area (Å²) < 4.78 is 5.66. The summed E-state index contributed by atoms with van der Waals surface area (Å²) in [5.41, 5.74) is 0.784. The van der Waals surface area contributed by atoms with Crippen molar-refractivity contribution in [1.82, 2.24) is 9.80 Å². The highest BCUT2D eigenvalue weighted by Gasteiger charge is 2.37. The number of likely N-dealkylation sites (N-methyl/N-ethyl adjacent to an activating group) is 2. The first kappa shape index (κ1) is 14.8. The average Bonchev–Trinajstić information content (AvgIpc) is 3.05. The Morgan fingerprint density at radius 3 is 2.09 bits per heavy atom. The van der Waals surface area contributed by atoms with Crippen molar-refractivity contribution < 1.29 is 18.8 Å². The molecular weight excluding hydrogens is 296 g/mol. The molecular formula is C17H14N2O4. The van der Waals surface area contributed by atoms with E-state index in [1.54, 1.807) is 12.1 Å². The van der Waals surface area contributed by atoms with E-state index in [1.165, 1.54) is 20.2 Å². The second kappa shape index (κ2) is 5.57. The van der Waals surface area contributed by atoms with Crippen LogP contribution in [0.1, 0.15) is 5.76 Å². The van der Waals surface area contributed by atoms with Crippen LogP contribution >= 0.6 is 0 Å². The van der Waals surface area contributed by atoms with Crippen LogP contribution in [0.15, 0.2) is 52.5 Å². The van der Waals surface area contributed by atoms with Gasteiger partial charge in [0, 0.05) is 19.7 Å². The maximum absolute atomic E-state index is 12.1. The molecule has 1 aliphatic rings. The maximum Gasteiger partial charge on any atom is 0.333 e. The zero-order chi connectivity index (χ0) is 16.6. The molecule has 116 valence electrons. The first-order valence-electron chi connectivity index (χ1n) is 6.96. The Bertz CT molecular complexity index is 794. The zero-order valence-corrected chi connectivity index (χ0v) is 12.6. The number of hydrogen-bond acceptors (Lipinski definition) is 4. The van der Waals surface area contributed by atoms with Gasteiger partial charge in [-0.15, -0.1) is 0 Å². The minimum Gasteiger partial charge on any atom is -0.457 e. The highest BCUT2D eigenvalue weighted by Crippen LogP contribution is 2.24. The van der Waals surface area contributed by atoms with Crippen molar-refractivity contribution in [2.24, 2.45) is 0 Å². The monoisotopic (exact) mass is 310 g/mol. The zero-order valence-electron chi connectivity index (χ0n) is 12.6. The van der Waals surface area contributed by atoms with Gasteiger partial charge in [0.2, 0.25) is 0 Å². The minimum atomic E-state index is -0.651. The minimum absolute atomic E-state index is 0.108. The van der Waals surface area contributed by atoms with Crippen molar-refractivity contribution in [3.05, 3.63) is 53.8 Å². The molecule has 23 heavy (non-hydrogen) atoms. The van der Waals surface area contributed by atoms with E-state index in [1.807, 2.05) is 30.3 Å². The first-order valence-corrected chi connectivity index (χ1v) is 6.96. The fraction of sp³-hybridized carbons (Fsp3) is 0.118. The highest BCUT2D eigenvalue weighted by atomic mass is 16.3. The Kier molecular flexibility index (Phi) is 3.57. The van der Waals surface area contributed by atoms with E-state index in [9.17, 15) is 14.4 Å².